The van der Waals surface area contributed by atoms with Crippen molar-refractivity contribution < 1.29 is 4.52 Å². The molecule has 0 spiro atoms. The van der Waals surface area contributed by atoms with Crippen molar-refractivity contribution in [3.8, 4) is 11.3 Å². The van der Waals surface area contributed by atoms with Crippen molar-refractivity contribution in [2.45, 2.75) is 13.1 Å². The van der Waals surface area contributed by atoms with Gasteiger partial charge in [0.15, 0.2) is 11.7 Å². The zero-order valence-corrected chi connectivity index (χ0v) is 17.5. The number of hydrogen-bond donors (Lipinski definition) is 1. The van der Waals surface area contributed by atoms with Gasteiger partial charge in [0.25, 0.3) is 0 Å². The third-order valence-electron chi connectivity index (χ3n) is 4.07. The maximum atomic E-state index is 5.43. The van der Waals surface area contributed by atoms with Crippen molar-refractivity contribution in [3.63, 3.8) is 0 Å². The van der Waals surface area contributed by atoms with Gasteiger partial charge in [-0.05, 0) is 12.1 Å². The second kappa shape index (κ2) is 9.42. The predicted molar refractivity (Wildman–Crippen MR) is 114 cm³/mol. The number of nitrogens with one attached hydrogen (secondary N) is 1. The van der Waals surface area contributed by atoms with E-state index < -0.39 is 0 Å². The molecule has 0 saturated carbocycles. The Morgan fingerprint density at radius 3 is 2.65 bits per heavy atom. The summed E-state index contributed by atoms with van der Waals surface area (Å²) in [5.74, 6) is 1.58. The van der Waals surface area contributed by atoms with Crippen LogP contribution in [0.25, 0.3) is 11.3 Å². The van der Waals surface area contributed by atoms with Crippen LogP contribution in [0.4, 0.5) is 0 Å². The van der Waals surface area contributed by atoms with E-state index in [1.54, 1.807) is 7.05 Å². The molecule has 0 aliphatic rings. The summed E-state index contributed by atoms with van der Waals surface area (Å²) in [6.45, 7) is 1.33. The Hall–Kier alpha value is -2.29. The summed E-state index contributed by atoms with van der Waals surface area (Å²) in [4.78, 5) is 6.42. The second-order valence-corrected chi connectivity index (χ2v) is 5.92. The molecule has 0 radical (unpaired) electrons. The highest BCUT2D eigenvalue weighted by Crippen LogP contribution is 2.19. The minimum atomic E-state index is 0. The van der Waals surface area contributed by atoms with Gasteiger partial charge in [-0.15, -0.1) is 24.0 Å². The predicted octanol–water partition coefficient (Wildman–Crippen LogP) is 3.51. The van der Waals surface area contributed by atoms with Gasteiger partial charge in [-0.3, -0.25) is 4.99 Å². The maximum Gasteiger partial charge on any atom is 0.194 e. The lowest BCUT2D eigenvalue weighted by Gasteiger charge is -2.22. The summed E-state index contributed by atoms with van der Waals surface area (Å²) < 4.78 is 7.54. The van der Waals surface area contributed by atoms with Crippen molar-refractivity contribution in [1.82, 2.24) is 19.9 Å². The Labute approximate surface area is 170 Å². The molecule has 0 aliphatic carbocycles. The fourth-order valence-corrected chi connectivity index (χ4v) is 2.67. The summed E-state index contributed by atoms with van der Waals surface area (Å²) in [5, 5.41) is 7.46. The molecule has 0 fully saturated rings. The van der Waals surface area contributed by atoms with E-state index in [0.717, 1.165) is 29.5 Å². The lowest BCUT2D eigenvalue weighted by atomic mass is 10.2. The van der Waals surface area contributed by atoms with Crippen molar-refractivity contribution in [2.24, 2.45) is 12.0 Å². The lowest BCUT2D eigenvalue weighted by molar-refractivity contribution is 0.419. The Bertz CT molecular complexity index is 841. The van der Waals surface area contributed by atoms with E-state index >= 15 is 0 Å². The van der Waals surface area contributed by atoms with Crippen molar-refractivity contribution in [1.29, 1.82) is 0 Å². The number of nitrogens with zero attached hydrogens (tertiary/aromatic N) is 4. The van der Waals surface area contributed by atoms with Gasteiger partial charge in [-0.1, -0.05) is 35.5 Å². The van der Waals surface area contributed by atoms with Crippen LogP contribution in [0.15, 0.2) is 64.2 Å². The van der Waals surface area contributed by atoms with E-state index in [4.69, 9.17) is 4.52 Å². The largest absolute Gasteiger partial charge is 0.356 e. The number of aryl methyl sites for hydroxylation is 1. The minimum Gasteiger partial charge on any atom is -0.356 e. The number of guanidine groups is 1. The third-order valence-corrected chi connectivity index (χ3v) is 4.07. The van der Waals surface area contributed by atoms with E-state index in [1.807, 2.05) is 62.8 Å². The molecule has 0 unspecified atom stereocenters. The average molecular weight is 465 g/mol. The smallest absolute Gasteiger partial charge is 0.194 e. The van der Waals surface area contributed by atoms with Gasteiger partial charge in [0.05, 0.1) is 13.1 Å². The van der Waals surface area contributed by atoms with E-state index in [-0.39, 0.29) is 24.0 Å². The number of halogens is 1. The number of aromatic nitrogens is 2. The van der Waals surface area contributed by atoms with Crippen LogP contribution in [0.1, 0.15) is 11.4 Å². The van der Waals surface area contributed by atoms with Gasteiger partial charge in [0.1, 0.15) is 5.69 Å². The van der Waals surface area contributed by atoms with E-state index in [0.29, 0.717) is 6.54 Å². The van der Waals surface area contributed by atoms with Crippen LogP contribution in [0.3, 0.4) is 0 Å². The third kappa shape index (κ3) is 4.87. The molecule has 138 valence electrons. The molecule has 2 heterocycles. The van der Waals surface area contributed by atoms with Crippen molar-refractivity contribution >= 4 is 29.9 Å². The molecule has 2 aromatic heterocycles. The molecule has 0 bridgehead atoms. The first-order chi connectivity index (χ1) is 12.2. The van der Waals surface area contributed by atoms with Crippen LogP contribution in [0, 0.1) is 0 Å². The van der Waals surface area contributed by atoms with Crippen LogP contribution in [0.2, 0.25) is 0 Å². The van der Waals surface area contributed by atoms with Gasteiger partial charge < -0.3 is 19.3 Å². The second-order valence-electron chi connectivity index (χ2n) is 5.92. The van der Waals surface area contributed by atoms with Crippen LogP contribution in [-0.4, -0.2) is 34.7 Å². The molecule has 1 aromatic carbocycles. The van der Waals surface area contributed by atoms with E-state index in [1.165, 1.54) is 5.69 Å². The molecule has 0 aliphatic heterocycles. The first-order valence-corrected chi connectivity index (χ1v) is 8.20. The number of aliphatic imine (C=N–C) groups is 1. The quantitative estimate of drug-likeness (QED) is 0.356. The molecular formula is C19H24IN5O. The standard InChI is InChI=1S/C19H23N5O.HI/c1-20-19(24(3)14-17-10-7-11-23(17)2)21-13-16-12-18(25-22-16)15-8-5-4-6-9-15;/h4-12H,13-14H2,1-3H3,(H,20,21);1H. The topological polar surface area (TPSA) is 58.6 Å². The Balaban J connectivity index is 0.00000243. The summed E-state index contributed by atoms with van der Waals surface area (Å²) >= 11 is 0. The van der Waals surface area contributed by atoms with Crippen molar-refractivity contribution in [2.75, 3.05) is 14.1 Å². The van der Waals surface area contributed by atoms with Gasteiger partial charge in [0.2, 0.25) is 0 Å². The SMILES string of the molecule is CN=C(NCc1cc(-c2ccccc2)on1)N(C)Cc1cccn1C.I. The molecule has 3 rings (SSSR count). The summed E-state index contributed by atoms with van der Waals surface area (Å²) in [7, 11) is 5.84. The van der Waals surface area contributed by atoms with Gasteiger partial charge in [-0.2, -0.15) is 0 Å². The molecule has 0 atom stereocenters. The summed E-state index contributed by atoms with van der Waals surface area (Å²) in [5.41, 5.74) is 3.08. The van der Waals surface area contributed by atoms with Crippen molar-refractivity contribution in [3.05, 3.63) is 66.1 Å². The first-order valence-electron chi connectivity index (χ1n) is 8.20. The zero-order chi connectivity index (χ0) is 17.6. The normalized spacial score (nSPS) is 11.1. The molecule has 1 N–H and O–H groups in total. The molecule has 0 amide bonds. The minimum absolute atomic E-state index is 0. The summed E-state index contributed by atoms with van der Waals surface area (Å²) in [6.07, 6.45) is 2.04. The van der Waals surface area contributed by atoms with Crippen LogP contribution in [0.5, 0.6) is 0 Å². The van der Waals surface area contributed by atoms with Gasteiger partial charge >= 0.3 is 0 Å². The highest BCUT2D eigenvalue weighted by atomic mass is 127. The lowest BCUT2D eigenvalue weighted by Crippen LogP contribution is -2.38. The highest BCUT2D eigenvalue weighted by Gasteiger charge is 2.10. The maximum absolute atomic E-state index is 5.43. The number of rotatable bonds is 5. The summed E-state index contributed by atoms with van der Waals surface area (Å²) in [6, 6.07) is 16.1. The number of benzene rings is 1. The first kappa shape index (κ1) is 20.0. The monoisotopic (exact) mass is 465 g/mol. The van der Waals surface area contributed by atoms with Gasteiger partial charge in [-0.25, -0.2) is 0 Å². The van der Waals surface area contributed by atoms with E-state index in [9.17, 15) is 0 Å². The fraction of sp³-hybridized carbons (Fsp3) is 0.263. The molecule has 3 aromatic rings. The molecule has 0 saturated heterocycles. The Kier molecular flexibility index (Phi) is 7.26. The van der Waals surface area contributed by atoms with E-state index in [2.05, 4.69) is 31.0 Å². The molecule has 7 heteroatoms. The van der Waals surface area contributed by atoms with Crippen LogP contribution >= 0.6 is 24.0 Å². The fourth-order valence-electron chi connectivity index (χ4n) is 2.67. The van der Waals surface area contributed by atoms with Gasteiger partial charge in [0, 0.05) is 44.7 Å². The highest BCUT2D eigenvalue weighted by molar-refractivity contribution is 14.0. The molecular weight excluding hydrogens is 441 g/mol. The molecule has 26 heavy (non-hydrogen) atoms. The van der Waals surface area contributed by atoms with Crippen LogP contribution in [-0.2, 0) is 20.1 Å². The Morgan fingerprint density at radius 1 is 1.23 bits per heavy atom. The van der Waals surface area contributed by atoms with Crippen LogP contribution < -0.4 is 5.32 Å². The number of hydrogen-bond acceptors (Lipinski definition) is 3. The Morgan fingerprint density at radius 2 is 2.00 bits per heavy atom. The average Bonchev–Trinajstić information content (AvgIpc) is 3.26. The zero-order valence-electron chi connectivity index (χ0n) is 15.2. The molecule has 6 nitrogen and oxygen atoms in total.